The first-order chi connectivity index (χ1) is 24.6. The minimum atomic E-state index is -3.52. The summed E-state index contributed by atoms with van der Waals surface area (Å²) in [7, 11) is -3.52. The third kappa shape index (κ3) is 8.02. The fourth-order valence-corrected chi connectivity index (χ4v) is 8.63. The first-order valence-electron chi connectivity index (χ1n) is 16.9. The van der Waals surface area contributed by atoms with E-state index in [4.69, 9.17) is 20.2 Å². The Morgan fingerprint density at radius 2 is 1.96 bits per heavy atom. The molecule has 0 bridgehead atoms. The number of benzene rings is 1. The highest BCUT2D eigenvalue weighted by Crippen LogP contribution is 2.41. The molecule has 1 saturated heterocycles. The highest BCUT2D eigenvalue weighted by atomic mass is 32.2. The highest BCUT2D eigenvalue weighted by Gasteiger charge is 2.45. The third-order valence-corrected chi connectivity index (χ3v) is 12.1. The van der Waals surface area contributed by atoms with E-state index in [0.29, 0.717) is 54.5 Å². The summed E-state index contributed by atoms with van der Waals surface area (Å²) in [5.41, 5.74) is 6.79. The zero-order chi connectivity index (χ0) is 35.7. The molecule has 3 aromatic heterocycles. The lowest BCUT2D eigenvalue weighted by Gasteiger charge is -2.21. The van der Waals surface area contributed by atoms with Crippen molar-refractivity contribution >= 4 is 59.5 Å². The van der Waals surface area contributed by atoms with E-state index in [9.17, 15) is 27.2 Å². The number of fused-ring (bicyclic) bond motifs is 3. The van der Waals surface area contributed by atoms with E-state index in [0.717, 1.165) is 10.2 Å². The standard InChI is InChI=1S/C35H37FN6O7S2/c36-22-8-4-7-21(16-22)32-39-29-25-9-5-13-38-35(25)50-30(29)34(40-32)49-23-18-27(31(37)44)42(19-23)28(43)12-15-48-14-3-1-2-6-20-17-26(20)33(45)41-51(46,47)24-10-11-24/h2,4-9,13,16,20,23-24,26-27H,1,3,10-12,14-15,17-19H2,(H2,37,44)(H,41,45)/b6-2-/t20-,23-,26+,27+/m1/s1. The number of ether oxygens (including phenoxy) is 2. The van der Waals surface area contributed by atoms with Gasteiger partial charge in [0.05, 0.1) is 30.3 Å². The molecule has 13 nitrogen and oxygen atoms in total. The first kappa shape index (κ1) is 34.9. The van der Waals surface area contributed by atoms with Gasteiger partial charge in [0.15, 0.2) is 5.82 Å². The van der Waals surface area contributed by atoms with E-state index in [2.05, 4.69) is 14.7 Å². The van der Waals surface area contributed by atoms with E-state index >= 15 is 0 Å². The Hall–Kier alpha value is -4.54. The molecule has 0 spiro atoms. The summed E-state index contributed by atoms with van der Waals surface area (Å²) in [5.74, 6) is -1.51. The van der Waals surface area contributed by atoms with Crippen LogP contribution < -0.4 is 15.2 Å². The Labute approximate surface area is 297 Å². The monoisotopic (exact) mass is 736 g/mol. The quantitative estimate of drug-likeness (QED) is 0.134. The maximum Gasteiger partial charge on any atom is 0.240 e. The van der Waals surface area contributed by atoms with Crippen LogP contribution in [-0.2, 0) is 29.1 Å². The molecule has 4 aromatic rings. The Balaban J connectivity index is 0.908. The van der Waals surface area contributed by atoms with Crippen molar-refractivity contribution in [2.24, 2.45) is 17.6 Å². The summed E-state index contributed by atoms with van der Waals surface area (Å²) in [6.45, 7) is 0.695. The fraction of sp³-hybridized carbons (Fsp3) is 0.429. The number of amides is 3. The molecule has 2 saturated carbocycles. The second-order valence-corrected chi connectivity index (χ2v) is 16.0. The SMILES string of the molecule is NC(=O)[C@@H]1C[C@@H](Oc2nc(-c3cccc(F)c3)nc3c2sc2ncccc23)CN1C(=O)CCOCCC/C=C\[C@@H]1C[C@@H]1C(=O)NS(=O)(=O)C1CC1. The average Bonchev–Trinajstić information content (AvgIpc) is 4.03. The van der Waals surface area contributed by atoms with Gasteiger partial charge >= 0.3 is 0 Å². The maximum atomic E-state index is 14.1. The Bertz CT molecular complexity index is 2120. The van der Waals surface area contributed by atoms with Crippen LogP contribution in [0.3, 0.4) is 0 Å². The number of carbonyl (C=O) groups excluding carboxylic acids is 3. The summed E-state index contributed by atoms with van der Waals surface area (Å²) in [6.07, 6.45) is 8.50. The lowest BCUT2D eigenvalue weighted by molar-refractivity contribution is -0.138. The van der Waals surface area contributed by atoms with Crippen LogP contribution in [0.5, 0.6) is 5.88 Å². The van der Waals surface area contributed by atoms with Crippen LogP contribution in [0.1, 0.15) is 44.9 Å². The summed E-state index contributed by atoms with van der Waals surface area (Å²) in [4.78, 5) is 53.8. The number of carbonyl (C=O) groups is 3. The molecule has 1 aromatic carbocycles. The number of aromatic nitrogens is 3. The van der Waals surface area contributed by atoms with Crippen molar-refractivity contribution in [1.82, 2.24) is 24.6 Å². The minimum Gasteiger partial charge on any atom is -0.471 e. The topological polar surface area (TPSA) is 184 Å². The molecule has 268 valence electrons. The number of nitrogens with two attached hydrogens (primary N) is 1. The molecule has 2 aliphatic carbocycles. The molecule has 3 N–H and O–H groups in total. The van der Waals surface area contributed by atoms with Gasteiger partial charge in [0.1, 0.15) is 27.5 Å². The van der Waals surface area contributed by atoms with Gasteiger partial charge in [-0.25, -0.2) is 22.8 Å². The van der Waals surface area contributed by atoms with E-state index in [1.165, 1.54) is 28.4 Å². The van der Waals surface area contributed by atoms with Crippen LogP contribution in [-0.4, -0.2) is 83.1 Å². The van der Waals surface area contributed by atoms with Crippen molar-refractivity contribution in [3.05, 3.63) is 60.6 Å². The van der Waals surface area contributed by atoms with Gasteiger partial charge in [-0.1, -0.05) is 24.3 Å². The number of hydrogen-bond donors (Lipinski definition) is 2. The summed E-state index contributed by atoms with van der Waals surface area (Å²) < 4.78 is 53.0. The van der Waals surface area contributed by atoms with Gasteiger partial charge in [-0.2, -0.15) is 4.98 Å². The number of halogens is 1. The lowest BCUT2D eigenvalue weighted by atomic mass is 10.2. The molecule has 3 aliphatic rings. The molecule has 51 heavy (non-hydrogen) atoms. The smallest absolute Gasteiger partial charge is 0.240 e. The largest absolute Gasteiger partial charge is 0.471 e. The molecule has 4 atom stereocenters. The van der Waals surface area contributed by atoms with Crippen LogP contribution in [0.2, 0.25) is 0 Å². The van der Waals surface area contributed by atoms with E-state index in [1.54, 1.807) is 24.4 Å². The van der Waals surface area contributed by atoms with E-state index < -0.39 is 45.1 Å². The van der Waals surface area contributed by atoms with Crippen molar-refractivity contribution in [2.45, 2.75) is 62.3 Å². The number of hydrogen-bond acceptors (Lipinski definition) is 11. The predicted molar refractivity (Wildman–Crippen MR) is 187 cm³/mol. The van der Waals surface area contributed by atoms with E-state index in [1.807, 2.05) is 18.2 Å². The summed E-state index contributed by atoms with van der Waals surface area (Å²) >= 11 is 1.36. The molecule has 7 rings (SSSR count). The Morgan fingerprint density at radius 3 is 2.75 bits per heavy atom. The molecule has 0 unspecified atom stereocenters. The Kier molecular flexibility index (Phi) is 9.99. The fourth-order valence-electron chi connectivity index (χ4n) is 6.26. The number of likely N-dealkylation sites (tertiary alicyclic amines) is 1. The molecular weight excluding hydrogens is 700 g/mol. The van der Waals surface area contributed by atoms with Crippen LogP contribution in [0, 0.1) is 17.7 Å². The van der Waals surface area contributed by atoms with Crippen LogP contribution in [0.25, 0.3) is 31.8 Å². The second kappa shape index (κ2) is 14.6. The third-order valence-electron chi connectivity index (χ3n) is 9.22. The zero-order valence-corrected chi connectivity index (χ0v) is 29.2. The number of thiophene rings is 1. The molecule has 16 heteroatoms. The van der Waals surface area contributed by atoms with Gasteiger partial charge in [-0.15, -0.1) is 11.3 Å². The van der Waals surface area contributed by atoms with Gasteiger partial charge in [-0.3, -0.25) is 19.1 Å². The number of primary amides is 1. The summed E-state index contributed by atoms with van der Waals surface area (Å²) in [6, 6.07) is 8.80. The molecule has 3 fully saturated rings. The van der Waals surface area contributed by atoms with Crippen molar-refractivity contribution < 1.29 is 36.7 Å². The molecular formula is C35H37FN6O7S2. The predicted octanol–water partition coefficient (Wildman–Crippen LogP) is 3.87. The van der Waals surface area contributed by atoms with Crippen molar-refractivity contribution in [3.63, 3.8) is 0 Å². The number of unbranched alkanes of at least 4 members (excludes halogenated alkanes) is 1. The molecule has 1 aliphatic heterocycles. The maximum absolute atomic E-state index is 14.1. The van der Waals surface area contributed by atoms with Crippen LogP contribution >= 0.6 is 11.3 Å². The van der Waals surface area contributed by atoms with Gasteiger partial charge in [-0.05, 0) is 62.3 Å². The molecule has 3 amide bonds. The van der Waals surface area contributed by atoms with Crippen molar-refractivity contribution in [2.75, 3.05) is 19.8 Å². The number of nitrogens with one attached hydrogen (secondary N) is 1. The van der Waals surface area contributed by atoms with E-state index in [-0.39, 0.29) is 55.4 Å². The minimum absolute atomic E-state index is 0.0437. The number of pyridine rings is 1. The molecule has 0 radical (unpaired) electrons. The van der Waals surface area contributed by atoms with Gasteiger partial charge < -0.3 is 20.1 Å². The number of allylic oxidation sites excluding steroid dienone is 2. The van der Waals surface area contributed by atoms with Gasteiger partial charge in [0.2, 0.25) is 33.6 Å². The van der Waals surface area contributed by atoms with Crippen molar-refractivity contribution in [1.29, 1.82) is 0 Å². The zero-order valence-electron chi connectivity index (χ0n) is 27.6. The average molecular weight is 737 g/mol. The van der Waals surface area contributed by atoms with Gasteiger partial charge in [0.25, 0.3) is 0 Å². The summed E-state index contributed by atoms with van der Waals surface area (Å²) in [5, 5.41) is 0.378. The van der Waals surface area contributed by atoms with Gasteiger partial charge in [0, 0.05) is 36.1 Å². The number of sulfonamides is 1. The highest BCUT2D eigenvalue weighted by molar-refractivity contribution is 7.90. The normalized spacial score (nSPS) is 21.8. The molecule has 4 heterocycles. The number of nitrogens with zero attached hydrogens (tertiary/aromatic N) is 4. The Morgan fingerprint density at radius 1 is 1.12 bits per heavy atom. The first-order valence-corrected chi connectivity index (χ1v) is 19.3. The van der Waals surface area contributed by atoms with Crippen LogP contribution in [0.4, 0.5) is 4.39 Å². The van der Waals surface area contributed by atoms with Crippen LogP contribution in [0.15, 0.2) is 54.7 Å². The second-order valence-electron chi connectivity index (χ2n) is 13.1. The van der Waals surface area contributed by atoms with Crippen molar-refractivity contribution in [3.8, 4) is 17.3 Å². The lowest BCUT2D eigenvalue weighted by Crippen LogP contribution is -2.44. The number of rotatable bonds is 15.